The van der Waals surface area contributed by atoms with E-state index < -0.39 is 0 Å². The molecule has 1 N–H and O–H groups in total. The highest BCUT2D eigenvalue weighted by molar-refractivity contribution is 5.96. The van der Waals surface area contributed by atoms with Gasteiger partial charge in [0.05, 0.1) is 31.0 Å². The maximum Gasteiger partial charge on any atom is 0.162 e. The van der Waals surface area contributed by atoms with Gasteiger partial charge in [0.1, 0.15) is 6.07 Å². The molecule has 1 saturated carbocycles. The summed E-state index contributed by atoms with van der Waals surface area (Å²) in [7, 11) is 3.22. The molecule has 1 aliphatic carbocycles. The molecule has 0 radical (unpaired) electrons. The minimum atomic E-state index is 0.412. The Morgan fingerprint density at radius 3 is 2.48 bits per heavy atom. The summed E-state index contributed by atoms with van der Waals surface area (Å²) in [6, 6.07) is 6.40. The quantitative estimate of drug-likeness (QED) is 0.928. The molecule has 0 spiro atoms. The molecule has 0 atom stereocenters. The first-order chi connectivity index (χ1) is 11.3. The van der Waals surface area contributed by atoms with Crippen LogP contribution in [0.4, 0.5) is 5.69 Å². The van der Waals surface area contributed by atoms with Crippen LogP contribution in [0.1, 0.15) is 37.7 Å². The number of rotatable bonds is 4. The van der Waals surface area contributed by atoms with Gasteiger partial charge in [-0.15, -0.1) is 0 Å². The lowest BCUT2D eigenvalue weighted by molar-refractivity contribution is 0.356. The van der Waals surface area contributed by atoms with Crippen LogP contribution in [-0.2, 0) is 0 Å². The molecule has 23 heavy (non-hydrogen) atoms. The van der Waals surface area contributed by atoms with E-state index in [0.717, 1.165) is 29.4 Å². The van der Waals surface area contributed by atoms with Crippen LogP contribution >= 0.6 is 0 Å². The van der Waals surface area contributed by atoms with Crippen LogP contribution in [0.5, 0.6) is 11.5 Å². The zero-order valence-corrected chi connectivity index (χ0v) is 13.6. The first kappa shape index (κ1) is 15.4. The van der Waals surface area contributed by atoms with Crippen molar-refractivity contribution in [3.8, 4) is 17.6 Å². The van der Waals surface area contributed by atoms with Gasteiger partial charge in [-0.05, 0) is 18.9 Å². The molecule has 0 bridgehead atoms. The summed E-state index contributed by atoms with van der Waals surface area (Å²) in [5, 5.41) is 13.9. The highest BCUT2D eigenvalue weighted by atomic mass is 16.5. The van der Waals surface area contributed by atoms with Crippen molar-refractivity contribution < 1.29 is 9.47 Å². The Hall–Kier alpha value is -2.48. The van der Waals surface area contributed by atoms with E-state index in [1.54, 1.807) is 20.4 Å². The SMILES string of the molecule is COc1cc2ncc(C#N)c(NC3CCCCC3)c2cc1OC. The third-order valence-corrected chi connectivity index (χ3v) is 4.45. The molecule has 0 unspecified atom stereocenters. The number of hydrogen-bond acceptors (Lipinski definition) is 5. The zero-order valence-electron chi connectivity index (χ0n) is 13.6. The van der Waals surface area contributed by atoms with E-state index in [1.165, 1.54) is 19.3 Å². The molecule has 1 aromatic heterocycles. The molecular formula is C18H21N3O2. The fourth-order valence-electron chi connectivity index (χ4n) is 3.21. The summed E-state index contributed by atoms with van der Waals surface area (Å²) < 4.78 is 10.7. The van der Waals surface area contributed by atoms with Gasteiger partial charge in [0.25, 0.3) is 0 Å². The van der Waals surface area contributed by atoms with Crippen LogP contribution in [0, 0.1) is 11.3 Å². The molecule has 3 rings (SSSR count). The van der Waals surface area contributed by atoms with Crippen molar-refractivity contribution in [3.05, 3.63) is 23.9 Å². The van der Waals surface area contributed by atoms with Crippen LogP contribution in [0.25, 0.3) is 10.9 Å². The van der Waals surface area contributed by atoms with Crippen molar-refractivity contribution in [1.82, 2.24) is 4.98 Å². The number of pyridine rings is 1. The van der Waals surface area contributed by atoms with Gasteiger partial charge >= 0.3 is 0 Å². The van der Waals surface area contributed by atoms with E-state index in [2.05, 4.69) is 16.4 Å². The van der Waals surface area contributed by atoms with E-state index >= 15 is 0 Å². The molecule has 1 fully saturated rings. The number of anilines is 1. The lowest BCUT2D eigenvalue weighted by atomic mass is 9.95. The second-order valence-corrected chi connectivity index (χ2v) is 5.86. The van der Waals surface area contributed by atoms with Gasteiger partial charge in [-0.1, -0.05) is 19.3 Å². The fourth-order valence-corrected chi connectivity index (χ4v) is 3.21. The maximum atomic E-state index is 9.45. The summed E-state index contributed by atoms with van der Waals surface area (Å²) in [6.07, 6.45) is 7.67. The molecule has 5 heteroatoms. The predicted octanol–water partition coefficient (Wildman–Crippen LogP) is 3.87. The standard InChI is InChI=1S/C18H21N3O2/c1-22-16-8-14-15(9-17(16)23-2)20-11-12(10-19)18(14)21-13-6-4-3-5-7-13/h8-9,11,13H,3-7H2,1-2H3,(H,20,21). The Labute approximate surface area is 136 Å². The Morgan fingerprint density at radius 2 is 1.83 bits per heavy atom. The average molecular weight is 311 g/mol. The van der Waals surface area contributed by atoms with E-state index in [1.807, 2.05) is 12.1 Å². The molecule has 0 amide bonds. The van der Waals surface area contributed by atoms with Gasteiger partial charge in [-0.3, -0.25) is 4.98 Å². The van der Waals surface area contributed by atoms with E-state index in [-0.39, 0.29) is 0 Å². The van der Waals surface area contributed by atoms with E-state index in [0.29, 0.717) is 23.1 Å². The molecule has 1 aromatic carbocycles. The molecule has 2 aromatic rings. The van der Waals surface area contributed by atoms with Crippen molar-refractivity contribution in [1.29, 1.82) is 5.26 Å². The number of aromatic nitrogens is 1. The second kappa shape index (κ2) is 6.74. The monoisotopic (exact) mass is 311 g/mol. The third-order valence-electron chi connectivity index (χ3n) is 4.45. The van der Waals surface area contributed by atoms with Crippen LogP contribution in [0.2, 0.25) is 0 Å². The number of hydrogen-bond donors (Lipinski definition) is 1. The summed E-state index contributed by atoms with van der Waals surface area (Å²) in [5.74, 6) is 1.28. The van der Waals surface area contributed by atoms with Gasteiger partial charge in [-0.25, -0.2) is 0 Å². The number of nitrogens with one attached hydrogen (secondary N) is 1. The number of fused-ring (bicyclic) bond motifs is 1. The number of ether oxygens (including phenoxy) is 2. The van der Waals surface area contributed by atoms with Gasteiger partial charge < -0.3 is 14.8 Å². The van der Waals surface area contributed by atoms with Gasteiger partial charge in [0.2, 0.25) is 0 Å². The van der Waals surface area contributed by atoms with E-state index in [9.17, 15) is 5.26 Å². The summed E-state index contributed by atoms with van der Waals surface area (Å²) >= 11 is 0. The Bertz CT molecular complexity index is 746. The second-order valence-electron chi connectivity index (χ2n) is 5.86. The molecule has 5 nitrogen and oxygen atoms in total. The van der Waals surface area contributed by atoms with Crippen molar-refractivity contribution in [3.63, 3.8) is 0 Å². The minimum Gasteiger partial charge on any atom is -0.493 e. The van der Waals surface area contributed by atoms with E-state index in [4.69, 9.17) is 9.47 Å². The van der Waals surface area contributed by atoms with Crippen molar-refractivity contribution in [2.75, 3.05) is 19.5 Å². The Morgan fingerprint density at radius 1 is 1.13 bits per heavy atom. The molecule has 0 saturated heterocycles. The Balaban J connectivity index is 2.10. The van der Waals surface area contributed by atoms with Crippen molar-refractivity contribution >= 4 is 16.6 Å². The fraction of sp³-hybridized carbons (Fsp3) is 0.444. The molecule has 0 aliphatic heterocycles. The number of benzene rings is 1. The summed E-state index contributed by atoms with van der Waals surface area (Å²) in [5.41, 5.74) is 2.21. The normalized spacial score (nSPS) is 15.2. The van der Waals surface area contributed by atoms with Gasteiger partial charge in [-0.2, -0.15) is 5.26 Å². The highest BCUT2D eigenvalue weighted by Gasteiger charge is 2.18. The van der Waals surface area contributed by atoms with Gasteiger partial charge in [0.15, 0.2) is 11.5 Å². The van der Waals surface area contributed by atoms with Crippen LogP contribution in [0.15, 0.2) is 18.3 Å². The summed E-state index contributed by atoms with van der Waals surface area (Å²) in [4.78, 5) is 4.39. The molecule has 1 aliphatic rings. The van der Waals surface area contributed by atoms with Crippen LogP contribution in [-0.4, -0.2) is 25.2 Å². The predicted molar refractivity (Wildman–Crippen MR) is 90.1 cm³/mol. The largest absolute Gasteiger partial charge is 0.493 e. The first-order valence-corrected chi connectivity index (χ1v) is 7.98. The topological polar surface area (TPSA) is 67.2 Å². The van der Waals surface area contributed by atoms with Crippen LogP contribution < -0.4 is 14.8 Å². The number of methoxy groups -OCH3 is 2. The molecule has 120 valence electrons. The molecular weight excluding hydrogens is 290 g/mol. The lowest BCUT2D eigenvalue weighted by Crippen LogP contribution is -2.23. The Kier molecular flexibility index (Phi) is 4.52. The average Bonchev–Trinajstić information content (AvgIpc) is 2.61. The highest BCUT2D eigenvalue weighted by Crippen LogP contribution is 2.36. The lowest BCUT2D eigenvalue weighted by Gasteiger charge is -2.25. The zero-order chi connectivity index (χ0) is 16.2. The molecule has 1 heterocycles. The van der Waals surface area contributed by atoms with Crippen molar-refractivity contribution in [2.45, 2.75) is 38.1 Å². The summed E-state index contributed by atoms with van der Waals surface area (Å²) in [6.45, 7) is 0. The number of nitrogens with zero attached hydrogens (tertiary/aromatic N) is 2. The minimum absolute atomic E-state index is 0.412. The smallest absolute Gasteiger partial charge is 0.162 e. The third kappa shape index (κ3) is 3.02. The van der Waals surface area contributed by atoms with Crippen molar-refractivity contribution in [2.24, 2.45) is 0 Å². The number of nitriles is 1. The maximum absolute atomic E-state index is 9.45. The van der Waals surface area contributed by atoms with Crippen LogP contribution in [0.3, 0.4) is 0 Å². The van der Waals surface area contributed by atoms with Gasteiger partial charge in [0, 0.05) is 23.7 Å². The first-order valence-electron chi connectivity index (χ1n) is 7.98.